The molecule has 0 saturated carbocycles. The van der Waals surface area contributed by atoms with Gasteiger partial charge in [-0.25, -0.2) is 0 Å². The average molecular weight is 669 g/mol. The molecule has 0 amide bonds. The van der Waals surface area contributed by atoms with Gasteiger partial charge in [-0.3, -0.25) is 9.80 Å². The molecule has 0 saturated heterocycles. The quantitative estimate of drug-likeness (QED) is 0.197. The zero-order chi connectivity index (χ0) is 33.6. The van der Waals surface area contributed by atoms with E-state index in [1.165, 1.54) is 25.9 Å². The molecule has 0 aliphatic carbocycles. The Morgan fingerprint density at radius 1 is 0.619 bits per heavy atom. The third-order valence-corrected chi connectivity index (χ3v) is 7.18. The van der Waals surface area contributed by atoms with Crippen molar-refractivity contribution in [2.45, 2.75) is 162 Å². The van der Waals surface area contributed by atoms with Gasteiger partial charge >= 0.3 is 32.7 Å². The fourth-order valence-corrected chi connectivity index (χ4v) is 4.20. The van der Waals surface area contributed by atoms with Gasteiger partial charge in [-0.15, -0.1) is 0 Å². The Morgan fingerprint density at radius 2 is 0.881 bits per heavy atom. The topological polar surface area (TPSA) is 6.48 Å². The van der Waals surface area contributed by atoms with Crippen LogP contribution in [0.15, 0.2) is 23.3 Å². The van der Waals surface area contributed by atoms with Crippen molar-refractivity contribution in [2.75, 3.05) is 26.2 Å². The van der Waals surface area contributed by atoms with Gasteiger partial charge in [-0.05, 0) is 58.3 Å². The van der Waals surface area contributed by atoms with E-state index < -0.39 is 0 Å². The second kappa shape index (κ2) is 39.5. The van der Waals surface area contributed by atoms with E-state index in [4.69, 9.17) is 0 Å². The zero-order valence-corrected chi connectivity index (χ0v) is 35.6. The predicted molar refractivity (Wildman–Crippen MR) is 196 cm³/mol. The van der Waals surface area contributed by atoms with E-state index >= 15 is 0 Å². The van der Waals surface area contributed by atoms with Crippen molar-refractivity contribution in [3.63, 3.8) is 0 Å². The van der Waals surface area contributed by atoms with Crippen LogP contribution in [-0.2, 0) is 32.7 Å². The molecule has 0 radical (unpaired) electrons. The summed E-state index contributed by atoms with van der Waals surface area (Å²) < 4.78 is 0. The van der Waals surface area contributed by atoms with Gasteiger partial charge in [0.2, 0.25) is 0 Å². The van der Waals surface area contributed by atoms with Gasteiger partial charge in [-0.1, -0.05) is 112 Å². The molecule has 0 fully saturated rings. The third kappa shape index (κ3) is 31.9. The maximum absolute atomic E-state index is 3.84. The van der Waals surface area contributed by atoms with Crippen molar-refractivity contribution in [1.29, 1.82) is 0 Å². The molecule has 0 unspecified atom stereocenters. The van der Waals surface area contributed by atoms with E-state index in [1.807, 2.05) is 61.8 Å². The molecule has 0 aromatic carbocycles. The van der Waals surface area contributed by atoms with E-state index in [9.17, 15) is 0 Å². The summed E-state index contributed by atoms with van der Waals surface area (Å²) in [4.78, 5) is 5.04. The largest absolute Gasteiger partial charge is 3.00 e. The van der Waals surface area contributed by atoms with Crippen LogP contribution in [0.25, 0.3) is 0 Å². The van der Waals surface area contributed by atoms with Gasteiger partial charge in [0.05, 0.1) is 0 Å². The fraction of sp³-hybridized carbons (Fsp3) is 0.821. The van der Waals surface area contributed by atoms with Gasteiger partial charge in [0.1, 0.15) is 0 Å². The van der Waals surface area contributed by atoms with Crippen LogP contribution >= 0.6 is 0 Å². The first kappa shape index (κ1) is 54.9. The van der Waals surface area contributed by atoms with E-state index in [1.54, 1.807) is 11.1 Å². The van der Waals surface area contributed by atoms with Crippen LogP contribution in [0.2, 0.25) is 0 Å². The Labute approximate surface area is 296 Å². The first-order chi connectivity index (χ1) is 19.4. The molecule has 0 atom stereocenters. The summed E-state index contributed by atoms with van der Waals surface area (Å²) in [6.07, 6.45) is 11.4. The molecule has 0 spiro atoms. The van der Waals surface area contributed by atoms with Crippen LogP contribution in [0.4, 0.5) is 0 Å². The minimum Gasteiger partial charge on any atom is -0.343 e. The van der Waals surface area contributed by atoms with Gasteiger partial charge in [-0.2, -0.15) is 26.7 Å². The predicted octanol–water partition coefficient (Wildman–Crippen LogP) is 12.4. The summed E-state index contributed by atoms with van der Waals surface area (Å²) in [5.41, 5.74) is 3.29. The van der Waals surface area contributed by atoms with Gasteiger partial charge in [0.15, 0.2) is 0 Å². The van der Waals surface area contributed by atoms with Crippen molar-refractivity contribution in [2.24, 2.45) is 23.7 Å². The summed E-state index contributed by atoms with van der Waals surface area (Å²) in [6.45, 7) is 51.2. The molecule has 0 bridgehead atoms. The summed E-state index contributed by atoms with van der Waals surface area (Å²) in [5.74, 6) is 2.98. The molecule has 2 aliphatic rings. The van der Waals surface area contributed by atoms with Crippen LogP contribution in [0, 0.1) is 43.9 Å². The van der Waals surface area contributed by atoms with Crippen LogP contribution in [-0.4, -0.2) is 48.1 Å². The Morgan fingerprint density at radius 3 is 0.976 bits per heavy atom. The van der Waals surface area contributed by atoms with E-state index in [-0.39, 0.29) is 32.7 Å². The number of rotatable bonds is 7. The molecular formula is C39H83N2Y. The molecule has 2 aliphatic heterocycles. The van der Waals surface area contributed by atoms with Crippen molar-refractivity contribution in [3.05, 3.63) is 43.6 Å². The molecule has 252 valence electrons. The van der Waals surface area contributed by atoms with Crippen LogP contribution in [0.5, 0.6) is 0 Å². The monoisotopic (exact) mass is 669 g/mol. The maximum Gasteiger partial charge on any atom is 3.00 e. The first-order valence-corrected chi connectivity index (χ1v) is 17.5. The molecule has 2 rings (SSSR count). The van der Waals surface area contributed by atoms with E-state index in [0.29, 0.717) is 12.1 Å². The molecule has 0 N–H and O–H groups in total. The fourth-order valence-electron chi connectivity index (χ4n) is 4.20. The second-order valence-corrected chi connectivity index (χ2v) is 11.7. The zero-order valence-electron chi connectivity index (χ0n) is 32.7. The maximum atomic E-state index is 3.84. The van der Waals surface area contributed by atoms with Gasteiger partial charge in [0.25, 0.3) is 0 Å². The van der Waals surface area contributed by atoms with Crippen LogP contribution < -0.4 is 0 Å². The molecular weight excluding hydrogens is 585 g/mol. The van der Waals surface area contributed by atoms with E-state index in [0.717, 1.165) is 49.6 Å². The molecule has 0 aromatic heterocycles. The summed E-state index contributed by atoms with van der Waals surface area (Å²) in [7, 11) is 0. The molecule has 2 heterocycles. The Hall–Kier alpha value is 0.504. The Kier molecular flexibility index (Phi) is 51.7. The Balaban J connectivity index is -0.000000102. The SMILES string of the molecule is CC.CC.CC.CC(C)C1=CCN(C(C)C)CC1.CC(C)C1=CCN(C(C)C)CC1.C[CH-]C.[CH2-]CC(C[CH2-])C(C)C.[Y+3]. The molecule has 42 heavy (non-hydrogen) atoms. The van der Waals surface area contributed by atoms with Crippen molar-refractivity contribution < 1.29 is 32.7 Å². The van der Waals surface area contributed by atoms with Crippen LogP contribution in [0.1, 0.15) is 150 Å². The minimum atomic E-state index is 0. The number of hydrogen-bond acceptors (Lipinski definition) is 2. The van der Waals surface area contributed by atoms with Crippen LogP contribution in [0.3, 0.4) is 0 Å². The smallest absolute Gasteiger partial charge is 0.343 e. The van der Waals surface area contributed by atoms with Crippen molar-refractivity contribution in [3.8, 4) is 0 Å². The number of hydrogen-bond donors (Lipinski definition) is 0. The summed E-state index contributed by atoms with van der Waals surface area (Å²) >= 11 is 0. The van der Waals surface area contributed by atoms with Gasteiger partial charge in [0, 0.05) is 38.3 Å². The standard InChI is InChI=1S/2C11H21N.C8H16.C3H7.3C2H6.Y/c2*1-9(2)11-5-7-12(8-6-11)10(3)4;1-5-8(6-2)7(3)4;1-3-2;3*1-2;/h2*5,9-10H,6-8H2,1-4H3;7-8H,1-2,5-6H2,3-4H3;3H,1-2H3;3*1-2H3;/q;;-2;-1;;;;+3. The minimum absolute atomic E-state index is 0. The average Bonchev–Trinajstić information content (AvgIpc) is 2.98. The molecule has 2 nitrogen and oxygen atoms in total. The normalized spacial score (nSPS) is 14.6. The van der Waals surface area contributed by atoms with Crippen molar-refractivity contribution in [1.82, 2.24) is 9.80 Å². The third-order valence-electron chi connectivity index (χ3n) is 7.18. The summed E-state index contributed by atoms with van der Waals surface area (Å²) in [6, 6.07) is 1.41. The first-order valence-electron chi connectivity index (χ1n) is 17.5. The van der Waals surface area contributed by atoms with Crippen molar-refractivity contribution >= 4 is 0 Å². The molecule has 0 aromatic rings. The van der Waals surface area contributed by atoms with E-state index in [2.05, 4.69) is 105 Å². The second-order valence-electron chi connectivity index (χ2n) is 11.7. The van der Waals surface area contributed by atoms with Gasteiger partial charge < -0.3 is 20.3 Å². The summed E-state index contributed by atoms with van der Waals surface area (Å²) in [5, 5.41) is 0. The Bertz CT molecular complexity index is 503. The molecule has 3 heteroatoms. The number of nitrogens with zero attached hydrogens (tertiary/aromatic N) is 2.